The molecule has 0 bridgehead atoms. The van der Waals surface area contributed by atoms with E-state index in [0.717, 1.165) is 51.4 Å². The van der Waals surface area contributed by atoms with Crippen LogP contribution in [-0.4, -0.2) is 73.4 Å². The molecule has 1 amide bonds. The van der Waals surface area contributed by atoms with Gasteiger partial charge in [0.05, 0.1) is 39.9 Å². The smallest absolute Gasteiger partial charge is 0.391 e. The summed E-state index contributed by atoms with van der Waals surface area (Å²) in [5.41, 5.74) is 0. The van der Waals surface area contributed by atoms with Crippen molar-refractivity contribution in [2.24, 2.45) is 0 Å². The maximum atomic E-state index is 12.9. The van der Waals surface area contributed by atoms with Crippen LogP contribution in [0, 0.1) is 0 Å². The van der Waals surface area contributed by atoms with E-state index in [1.807, 2.05) is 21.1 Å². The van der Waals surface area contributed by atoms with E-state index in [1.165, 1.54) is 199 Å². The van der Waals surface area contributed by atoms with Gasteiger partial charge in [0.15, 0.2) is 0 Å². The van der Waals surface area contributed by atoms with Gasteiger partial charge in [0.2, 0.25) is 5.91 Å². The van der Waals surface area contributed by atoms with Gasteiger partial charge in [-0.15, -0.1) is 0 Å². The number of amides is 1. The Bertz CT molecular complexity index is 1040. The van der Waals surface area contributed by atoms with Crippen molar-refractivity contribution in [3.63, 3.8) is 0 Å². The predicted octanol–water partition coefficient (Wildman–Crippen LogP) is 16.3. The van der Waals surface area contributed by atoms with Crippen LogP contribution in [0.15, 0.2) is 12.2 Å². The third-order valence-corrected chi connectivity index (χ3v) is 13.7. The topological polar surface area (TPSA) is 105 Å². The lowest BCUT2D eigenvalue weighted by Crippen LogP contribution is -2.46. The molecule has 0 aliphatic carbocycles. The summed E-state index contributed by atoms with van der Waals surface area (Å²) >= 11 is 0. The molecule has 0 radical (unpaired) electrons. The molecule has 0 saturated carbocycles. The van der Waals surface area contributed by atoms with Crippen molar-refractivity contribution < 1.29 is 32.9 Å². The molecule has 0 aliphatic heterocycles. The number of rotatable bonds is 51. The second-order valence-electron chi connectivity index (χ2n) is 20.3. The van der Waals surface area contributed by atoms with E-state index in [0.29, 0.717) is 23.9 Å². The fraction of sp³-hybridized carbons (Fsp3) is 0.944. The number of phosphoric ester groups is 1. The summed E-state index contributed by atoms with van der Waals surface area (Å²) < 4.78 is 23.7. The Labute approximate surface area is 392 Å². The molecular formula is C54H110N2O6P+. The highest BCUT2D eigenvalue weighted by Gasteiger charge is 2.28. The maximum Gasteiger partial charge on any atom is 0.472 e. The van der Waals surface area contributed by atoms with E-state index in [1.54, 1.807) is 0 Å². The van der Waals surface area contributed by atoms with Crippen molar-refractivity contribution in [3.8, 4) is 0 Å². The van der Waals surface area contributed by atoms with Gasteiger partial charge in [-0.3, -0.25) is 13.8 Å². The van der Waals surface area contributed by atoms with Gasteiger partial charge in [0.25, 0.3) is 0 Å². The van der Waals surface area contributed by atoms with Gasteiger partial charge in [0, 0.05) is 6.42 Å². The van der Waals surface area contributed by atoms with Gasteiger partial charge in [-0.25, -0.2) is 4.57 Å². The Morgan fingerprint density at radius 2 is 0.857 bits per heavy atom. The Balaban J connectivity index is 4.15. The SMILES string of the molecule is CCCCCCCCC/C=C\CCCCCCCC(=O)NC(COP(=O)(O)OCC[N+](C)(C)C)C(O)CCCCCCCCCCCCCCCCCCCCCCCCCCC. The molecule has 0 aromatic rings. The number of likely N-dealkylation sites (N-methyl/N-ethyl adjacent to an activating group) is 1. The number of quaternary nitrogens is 1. The number of carbonyl (C=O) groups is 1. The molecule has 3 atom stereocenters. The van der Waals surface area contributed by atoms with E-state index in [9.17, 15) is 19.4 Å². The van der Waals surface area contributed by atoms with Crippen LogP contribution in [0.3, 0.4) is 0 Å². The number of nitrogens with zero attached hydrogens (tertiary/aromatic N) is 1. The van der Waals surface area contributed by atoms with Crippen molar-refractivity contribution in [2.75, 3.05) is 40.9 Å². The van der Waals surface area contributed by atoms with Crippen molar-refractivity contribution in [3.05, 3.63) is 12.2 Å². The highest BCUT2D eigenvalue weighted by Crippen LogP contribution is 2.43. The van der Waals surface area contributed by atoms with Gasteiger partial charge in [-0.05, 0) is 38.5 Å². The largest absolute Gasteiger partial charge is 0.472 e. The molecule has 0 spiro atoms. The zero-order chi connectivity index (χ0) is 46.4. The van der Waals surface area contributed by atoms with Crippen LogP contribution in [-0.2, 0) is 18.4 Å². The average Bonchev–Trinajstić information content (AvgIpc) is 3.24. The predicted molar refractivity (Wildman–Crippen MR) is 272 cm³/mol. The highest BCUT2D eigenvalue weighted by molar-refractivity contribution is 7.47. The Morgan fingerprint density at radius 1 is 0.524 bits per heavy atom. The summed E-state index contributed by atoms with van der Waals surface area (Å²) in [6, 6.07) is -0.762. The van der Waals surface area contributed by atoms with Crippen LogP contribution >= 0.6 is 7.82 Å². The van der Waals surface area contributed by atoms with E-state index >= 15 is 0 Å². The van der Waals surface area contributed by atoms with Crippen LogP contribution in [0.25, 0.3) is 0 Å². The zero-order valence-electron chi connectivity index (χ0n) is 42.8. The molecule has 376 valence electrons. The number of aliphatic hydroxyl groups excluding tert-OH is 1. The monoisotopic (exact) mass is 914 g/mol. The van der Waals surface area contributed by atoms with Gasteiger partial charge in [0.1, 0.15) is 13.2 Å². The normalized spacial score (nSPS) is 14.1. The summed E-state index contributed by atoms with van der Waals surface area (Å²) in [7, 11) is 1.62. The summed E-state index contributed by atoms with van der Waals surface area (Å²) in [6.45, 7) is 4.92. The third kappa shape index (κ3) is 49.0. The fourth-order valence-corrected chi connectivity index (χ4v) is 9.13. The minimum atomic E-state index is -4.32. The minimum Gasteiger partial charge on any atom is -0.391 e. The Hall–Kier alpha value is -0.760. The van der Waals surface area contributed by atoms with Crippen LogP contribution in [0.1, 0.15) is 277 Å². The first-order valence-electron chi connectivity index (χ1n) is 27.6. The van der Waals surface area contributed by atoms with Crippen LogP contribution in [0.4, 0.5) is 0 Å². The third-order valence-electron chi connectivity index (χ3n) is 12.8. The molecule has 9 heteroatoms. The van der Waals surface area contributed by atoms with Crippen molar-refractivity contribution in [2.45, 2.75) is 289 Å². The molecule has 63 heavy (non-hydrogen) atoms. The van der Waals surface area contributed by atoms with E-state index < -0.39 is 20.0 Å². The van der Waals surface area contributed by atoms with E-state index in [-0.39, 0.29) is 19.1 Å². The number of unbranched alkanes of at least 4 members (excludes halogenated alkanes) is 36. The number of phosphoric acid groups is 1. The van der Waals surface area contributed by atoms with Crippen molar-refractivity contribution in [1.82, 2.24) is 5.32 Å². The standard InChI is InChI=1S/C54H109N2O6P/c1-6-8-10-12-14-16-18-20-22-24-25-26-27-28-29-30-31-32-33-35-37-39-41-43-45-47-53(57)52(51-62-63(59,60)61-50-49-56(3,4)5)55-54(58)48-46-44-42-40-38-36-34-23-21-19-17-15-13-11-9-7-2/h23,34,52-53,57H,6-22,24-33,35-51H2,1-5H3,(H-,55,58,59,60)/p+1/b34-23-. The van der Waals surface area contributed by atoms with Gasteiger partial charge >= 0.3 is 7.82 Å². The van der Waals surface area contributed by atoms with Gasteiger partial charge in [-0.1, -0.05) is 244 Å². The number of aliphatic hydroxyl groups is 1. The van der Waals surface area contributed by atoms with Crippen LogP contribution in [0.2, 0.25) is 0 Å². The molecule has 0 fully saturated rings. The second-order valence-corrected chi connectivity index (χ2v) is 21.8. The maximum absolute atomic E-state index is 12.9. The minimum absolute atomic E-state index is 0.0754. The number of nitrogens with one attached hydrogen (secondary N) is 1. The van der Waals surface area contributed by atoms with E-state index in [2.05, 4.69) is 31.3 Å². The lowest BCUT2D eigenvalue weighted by atomic mass is 10.0. The molecule has 0 aromatic heterocycles. The first-order chi connectivity index (χ1) is 30.5. The number of hydrogen-bond acceptors (Lipinski definition) is 5. The second kappa shape index (κ2) is 46.4. The summed E-state index contributed by atoms with van der Waals surface area (Å²) in [6.07, 6.45) is 55.5. The number of carbonyl (C=O) groups excluding carboxylic acids is 1. The van der Waals surface area contributed by atoms with Crippen LogP contribution < -0.4 is 5.32 Å². The first kappa shape index (κ1) is 62.2. The Morgan fingerprint density at radius 3 is 1.22 bits per heavy atom. The molecule has 8 nitrogen and oxygen atoms in total. The molecule has 3 N–H and O–H groups in total. The number of allylic oxidation sites excluding steroid dienone is 2. The van der Waals surface area contributed by atoms with Crippen molar-refractivity contribution >= 4 is 13.7 Å². The lowest BCUT2D eigenvalue weighted by molar-refractivity contribution is -0.870. The number of hydrogen-bond donors (Lipinski definition) is 3. The molecule has 0 aromatic carbocycles. The summed E-state index contributed by atoms with van der Waals surface area (Å²) in [5.74, 6) is -0.149. The fourth-order valence-electron chi connectivity index (χ4n) is 8.40. The van der Waals surface area contributed by atoms with E-state index in [4.69, 9.17) is 9.05 Å². The molecule has 0 rings (SSSR count). The molecular weight excluding hydrogens is 804 g/mol. The van der Waals surface area contributed by atoms with Crippen molar-refractivity contribution in [1.29, 1.82) is 0 Å². The first-order valence-corrected chi connectivity index (χ1v) is 29.0. The quantitative estimate of drug-likeness (QED) is 0.0243. The Kier molecular flexibility index (Phi) is 45.8. The molecule has 0 heterocycles. The van der Waals surface area contributed by atoms with Gasteiger partial charge < -0.3 is 19.8 Å². The van der Waals surface area contributed by atoms with Crippen LogP contribution in [0.5, 0.6) is 0 Å². The summed E-state index contributed by atoms with van der Waals surface area (Å²) in [5, 5.41) is 14.0. The average molecular weight is 914 g/mol. The molecule has 3 unspecified atom stereocenters. The molecule has 0 aliphatic rings. The lowest BCUT2D eigenvalue weighted by Gasteiger charge is -2.26. The highest BCUT2D eigenvalue weighted by atomic mass is 31.2. The summed E-state index contributed by atoms with van der Waals surface area (Å²) in [4.78, 5) is 23.3. The van der Waals surface area contributed by atoms with Gasteiger partial charge in [-0.2, -0.15) is 0 Å². The molecule has 0 saturated heterocycles. The zero-order valence-corrected chi connectivity index (χ0v) is 43.7.